The zero-order valence-electron chi connectivity index (χ0n) is 7.15. The summed E-state index contributed by atoms with van der Waals surface area (Å²) < 4.78 is 0. The van der Waals surface area contributed by atoms with Gasteiger partial charge in [0.1, 0.15) is 0 Å². The fraction of sp³-hybridized carbons (Fsp3) is 0.200. The summed E-state index contributed by atoms with van der Waals surface area (Å²) in [6.45, 7) is 3.01. The Balaban J connectivity index is -0.000000405. The number of carboxylic acid groups (broad SMARTS) is 1. The van der Waals surface area contributed by atoms with Gasteiger partial charge in [-0.1, -0.05) is 6.08 Å². The number of carboxylic acids is 1. The Morgan fingerprint density at radius 1 is 1.64 bits per heavy atom. The molecule has 2 N–H and O–H groups in total. The first kappa shape index (κ1) is 13.2. The van der Waals surface area contributed by atoms with Gasteiger partial charge in [0.15, 0.2) is 0 Å². The van der Waals surface area contributed by atoms with E-state index in [1.807, 2.05) is 0 Å². The van der Waals surface area contributed by atoms with E-state index in [1.54, 1.807) is 0 Å². The Bertz CT molecular complexity index is 175. The van der Waals surface area contributed by atoms with E-state index in [2.05, 4.69) is 6.58 Å². The zero-order valence-corrected chi connectivity index (χ0v) is 8.15. The van der Waals surface area contributed by atoms with Crippen molar-refractivity contribution in [2.45, 2.75) is 0 Å². The molecule has 0 aliphatic carbocycles. The normalized spacial score (nSPS) is 7.73. The Morgan fingerprint density at radius 2 is 2.09 bits per heavy atom. The average molecular weight is 169 g/mol. The van der Waals surface area contributed by atoms with Gasteiger partial charge in [-0.3, -0.25) is 10.0 Å². The van der Waals surface area contributed by atoms with Gasteiger partial charge in [0, 0.05) is 0 Å². The Hall–Kier alpha value is -0.360. The number of carbonyl (C=O) groups is 2. The molecule has 0 saturated carbocycles. The molecule has 6 heteroatoms. The summed E-state index contributed by atoms with van der Waals surface area (Å²) in [5.41, 5.74) is 0. The molecule has 0 rings (SSSR count). The molecule has 0 aliphatic heterocycles. The molecule has 0 aromatic carbocycles. The molecule has 0 heterocycles. The van der Waals surface area contributed by atoms with Gasteiger partial charge in [-0.05, 0) is 0 Å². The second-order valence-corrected chi connectivity index (χ2v) is 1.48. The van der Waals surface area contributed by atoms with E-state index in [1.165, 1.54) is 6.08 Å². The van der Waals surface area contributed by atoms with Crippen LogP contribution in [-0.4, -0.2) is 33.8 Å². The molecule has 58 valence electrons. The van der Waals surface area contributed by atoms with Gasteiger partial charge in [0.25, 0.3) is 0 Å². The van der Waals surface area contributed by atoms with Crippen LogP contribution in [0.3, 0.4) is 0 Å². The van der Waals surface area contributed by atoms with Gasteiger partial charge in [0.05, 0.1) is 6.54 Å². The zero-order chi connectivity index (χ0) is 8.15. The number of carbonyl (C=O) groups excluding carboxylic acids is 1. The summed E-state index contributed by atoms with van der Waals surface area (Å²) >= 11 is 0. The van der Waals surface area contributed by atoms with Crippen molar-refractivity contribution >= 4 is 11.9 Å². The predicted octanol–water partition coefficient (Wildman–Crippen LogP) is -3.41. The summed E-state index contributed by atoms with van der Waals surface area (Å²) in [5.74, 6) is -3.05. The summed E-state index contributed by atoms with van der Waals surface area (Å²) in [7, 11) is 0. The van der Waals surface area contributed by atoms with Crippen LogP contribution in [0, 0.1) is 0 Å². The second-order valence-electron chi connectivity index (χ2n) is 1.48. The van der Waals surface area contributed by atoms with Crippen LogP contribution in [0.25, 0.3) is 0 Å². The number of amides is 1. The van der Waals surface area contributed by atoms with Crippen LogP contribution in [0.15, 0.2) is 12.7 Å². The molecule has 11 heavy (non-hydrogen) atoms. The van der Waals surface area contributed by atoms with E-state index < -0.39 is 11.9 Å². The number of nitrogens with zero attached hydrogens (tertiary/aromatic N) is 1. The van der Waals surface area contributed by atoms with Crippen molar-refractivity contribution in [1.82, 2.24) is 5.06 Å². The molecule has 5 nitrogen and oxygen atoms in total. The third kappa shape index (κ3) is 4.97. The minimum atomic E-state index is -1.69. The monoisotopic (exact) mass is 169 g/mol. The molecule has 0 saturated heterocycles. The SMILES string of the molecule is C=CCN(O)C(=O)C(=O)O.[H-].[Na+]. The number of hydrogen-bond acceptors (Lipinski definition) is 3. The third-order valence-electron chi connectivity index (χ3n) is 0.719. The fourth-order valence-electron chi connectivity index (χ4n) is 0.316. The van der Waals surface area contributed by atoms with Crippen molar-refractivity contribution in [1.29, 1.82) is 0 Å². The van der Waals surface area contributed by atoms with Crippen LogP contribution >= 0.6 is 0 Å². The molecule has 0 unspecified atom stereocenters. The van der Waals surface area contributed by atoms with Crippen LogP contribution in [0.5, 0.6) is 0 Å². The first-order valence-corrected chi connectivity index (χ1v) is 2.44. The first-order valence-electron chi connectivity index (χ1n) is 2.44. The summed E-state index contributed by atoms with van der Waals surface area (Å²) in [4.78, 5) is 20.1. The van der Waals surface area contributed by atoms with Gasteiger partial charge in [-0.25, -0.2) is 9.86 Å². The van der Waals surface area contributed by atoms with Crippen LogP contribution in [0.4, 0.5) is 0 Å². The summed E-state index contributed by atoms with van der Waals surface area (Å²) in [6, 6.07) is 0. The van der Waals surface area contributed by atoms with Gasteiger partial charge < -0.3 is 6.53 Å². The van der Waals surface area contributed by atoms with Crippen LogP contribution < -0.4 is 29.6 Å². The number of aliphatic carboxylic acids is 1. The van der Waals surface area contributed by atoms with Crippen LogP contribution in [0.1, 0.15) is 1.43 Å². The Morgan fingerprint density at radius 3 is 2.36 bits per heavy atom. The molecule has 0 spiro atoms. The van der Waals surface area contributed by atoms with E-state index in [4.69, 9.17) is 10.3 Å². The summed E-state index contributed by atoms with van der Waals surface area (Å²) in [5, 5.41) is 16.6. The van der Waals surface area contributed by atoms with Gasteiger partial charge in [-0.2, -0.15) is 0 Å². The van der Waals surface area contributed by atoms with Crippen molar-refractivity contribution in [2.75, 3.05) is 6.54 Å². The van der Waals surface area contributed by atoms with Crippen molar-refractivity contribution in [2.24, 2.45) is 0 Å². The first-order chi connectivity index (χ1) is 4.59. The minimum Gasteiger partial charge on any atom is -1.00 e. The van der Waals surface area contributed by atoms with Crippen molar-refractivity contribution in [3.63, 3.8) is 0 Å². The molecule has 0 fully saturated rings. The van der Waals surface area contributed by atoms with E-state index in [0.29, 0.717) is 0 Å². The number of hydroxylamine groups is 2. The molecule has 1 amide bonds. The summed E-state index contributed by atoms with van der Waals surface area (Å²) in [6.07, 6.45) is 1.21. The molecule has 0 aliphatic rings. The van der Waals surface area contributed by atoms with Crippen LogP contribution in [-0.2, 0) is 9.59 Å². The number of rotatable bonds is 2. The Kier molecular flexibility index (Phi) is 7.65. The van der Waals surface area contributed by atoms with Crippen molar-refractivity contribution < 1.29 is 50.9 Å². The van der Waals surface area contributed by atoms with Crippen LogP contribution in [0.2, 0.25) is 0 Å². The molecule has 0 atom stereocenters. The quantitative estimate of drug-likeness (QED) is 0.148. The maximum absolute atomic E-state index is 10.3. The smallest absolute Gasteiger partial charge is 1.00 e. The largest absolute Gasteiger partial charge is 1.00 e. The second kappa shape index (κ2) is 6.36. The molecular formula is C5H8NNaO4. The van der Waals surface area contributed by atoms with E-state index in [9.17, 15) is 9.59 Å². The maximum atomic E-state index is 10.3. The van der Waals surface area contributed by atoms with Gasteiger partial charge >= 0.3 is 41.4 Å². The topological polar surface area (TPSA) is 77.8 Å². The number of hydrogen-bond donors (Lipinski definition) is 2. The van der Waals surface area contributed by atoms with Gasteiger partial charge in [0.2, 0.25) is 0 Å². The fourth-order valence-corrected chi connectivity index (χ4v) is 0.316. The molecule has 0 aromatic rings. The predicted molar refractivity (Wildman–Crippen MR) is 32.4 cm³/mol. The molecule has 0 radical (unpaired) electrons. The molecule has 0 aromatic heterocycles. The van der Waals surface area contributed by atoms with Gasteiger partial charge in [-0.15, -0.1) is 6.58 Å². The standard InChI is InChI=1S/C5H7NO4.Na.H/c1-2-3-6(10)4(7)5(8)9;;/h2,10H,1,3H2,(H,8,9);;/q;+1;-1. The van der Waals surface area contributed by atoms with E-state index >= 15 is 0 Å². The third-order valence-corrected chi connectivity index (χ3v) is 0.719. The maximum Gasteiger partial charge on any atom is 1.00 e. The molecular weight excluding hydrogens is 161 g/mol. The van der Waals surface area contributed by atoms with E-state index in [0.717, 1.165) is 0 Å². The van der Waals surface area contributed by atoms with E-state index in [-0.39, 0.29) is 42.6 Å². The van der Waals surface area contributed by atoms with Crippen molar-refractivity contribution in [3.05, 3.63) is 12.7 Å². The minimum absolute atomic E-state index is 0. The molecule has 0 bridgehead atoms. The average Bonchev–Trinajstić information content (AvgIpc) is 1.87. The Labute approximate surface area is 87.0 Å². The van der Waals surface area contributed by atoms with Crippen molar-refractivity contribution in [3.8, 4) is 0 Å².